The summed E-state index contributed by atoms with van der Waals surface area (Å²) in [5, 5.41) is 0.711. The molecule has 2 atom stereocenters. The van der Waals surface area contributed by atoms with Crippen LogP contribution in [0, 0.1) is 13.8 Å². The van der Waals surface area contributed by atoms with Crippen LogP contribution in [-0.2, 0) is 25.4 Å². The Bertz CT molecular complexity index is 1250. The predicted octanol–water partition coefficient (Wildman–Crippen LogP) is 1.25. The summed E-state index contributed by atoms with van der Waals surface area (Å²) in [5.41, 5.74) is 1.94. The van der Waals surface area contributed by atoms with Gasteiger partial charge in [0.15, 0.2) is 16.3 Å². The molecule has 4 rings (SSSR count). The van der Waals surface area contributed by atoms with E-state index in [0.717, 1.165) is 16.0 Å². The Morgan fingerprint density at radius 2 is 1.66 bits per heavy atom. The minimum absolute atomic E-state index is 0.0386. The fourth-order valence-corrected chi connectivity index (χ4v) is 5.09. The number of anilines is 1. The van der Waals surface area contributed by atoms with Gasteiger partial charge in [0.25, 0.3) is 5.56 Å². The van der Waals surface area contributed by atoms with Gasteiger partial charge in [0, 0.05) is 50.9 Å². The van der Waals surface area contributed by atoms with E-state index in [2.05, 4.69) is 14.9 Å². The Hall–Kier alpha value is -2.66. The minimum Gasteiger partial charge on any atom is -0.372 e. The normalized spacial score (nSPS) is 19.1. The molecule has 1 aliphatic rings. The molecular weight excluding hydrogens is 430 g/mol. The molecule has 3 aromatic heterocycles. The maximum atomic E-state index is 13.1. The second kappa shape index (κ2) is 8.70. The summed E-state index contributed by atoms with van der Waals surface area (Å²) >= 11 is 1.54. The van der Waals surface area contributed by atoms with E-state index in [4.69, 9.17) is 9.72 Å². The molecule has 0 aliphatic carbocycles. The summed E-state index contributed by atoms with van der Waals surface area (Å²) in [6.45, 7) is 9.80. The Kier molecular flexibility index (Phi) is 6.13. The predicted molar refractivity (Wildman–Crippen MR) is 125 cm³/mol. The highest BCUT2D eigenvalue weighted by atomic mass is 32.2. The molecule has 172 valence electrons. The van der Waals surface area contributed by atoms with Gasteiger partial charge in [-0.05, 0) is 33.8 Å². The third kappa shape index (κ3) is 4.18. The topological polar surface area (TPSA) is 100 Å². The van der Waals surface area contributed by atoms with Crippen molar-refractivity contribution in [1.82, 2.24) is 28.7 Å². The lowest BCUT2D eigenvalue weighted by Crippen LogP contribution is -2.46. The van der Waals surface area contributed by atoms with E-state index >= 15 is 0 Å². The lowest BCUT2D eigenvalue weighted by Gasteiger charge is -2.36. The van der Waals surface area contributed by atoms with Gasteiger partial charge in [-0.3, -0.25) is 13.9 Å². The van der Waals surface area contributed by atoms with E-state index in [0.29, 0.717) is 47.7 Å². The Morgan fingerprint density at radius 3 is 2.28 bits per heavy atom. The number of imidazole rings is 1. The molecule has 4 heterocycles. The molecule has 0 spiro atoms. The quantitative estimate of drug-likeness (QED) is 0.415. The first kappa shape index (κ1) is 22.5. The largest absolute Gasteiger partial charge is 0.372 e. The van der Waals surface area contributed by atoms with Crippen molar-refractivity contribution in [3.05, 3.63) is 38.3 Å². The summed E-state index contributed by atoms with van der Waals surface area (Å²) in [4.78, 5) is 41.5. The van der Waals surface area contributed by atoms with E-state index in [9.17, 15) is 9.59 Å². The van der Waals surface area contributed by atoms with Crippen molar-refractivity contribution in [2.45, 2.75) is 51.6 Å². The SMILES string of the molecule is Cc1cc(C)nc(SCCn2c(N3C[C@H](C)O[C@@H](C)C3)nc3c2c(=O)n(C)c(=O)n3C)n1. The van der Waals surface area contributed by atoms with Crippen molar-refractivity contribution in [3.8, 4) is 0 Å². The zero-order chi connectivity index (χ0) is 23.2. The fraction of sp³-hybridized carbons (Fsp3) is 0.571. The monoisotopic (exact) mass is 459 g/mol. The molecule has 32 heavy (non-hydrogen) atoms. The van der Waals surface area contributed by atoms with Crippen LogP contribution in [0.25, 0.3) is 11.2 Å². The minimum atomic E-state index is -0.388. The van der Waals surface area contributed by atoms with Crippen LogP contribution in [0.5, 0.6) is 0 Å². The third-order valence-corrected chi connectivity index (χ3v) is 6.37. The number of morpholine rings is 1. The van der Waals surface area contributed by atoms with Crippen LogP contribution in [0.2, 0.25) is 0 Å². The van der Waals surface area contributed by atoms with E-state index in [1.165, 1.54) is 23.4 Å². The van der Waals surface area contributed by atoms with Gasteiger partial charge in [-0.25, -0.2) is 14.8 Å². The number of rotatable bonds is 5. The number of hydrogen-bond acceptors (Lipinski definition) is 8. The molecule has 1 fully saturated rings. The van der Waals surface area contributed by atoms with Crippen molar-refractivity contribution in [2.24, 2.45) is 14.1 Å². The summed E-state index contributed by atoms with van der Waals surface area (Å²) < 4.78 is 10.4. The number of hydrogen-bond donors (Lipinski definition) is 0. The van der Waals surface area contributed by atoms with E-state index in [1.54, 1.807) is 7.05 Å². The second-order valence-corrected chi connectivity index (χ2v) is 9.45. The Morgan fingerprint density at radius 1 is 1.03 bits per heavy atom. The molecule has 0 N–H and O–H groups in total. The molecule has 1 saturated heterocycles. The summed E-state index contributed by atoms with van der Waals surface area (Å²) in [6, 6.07) is 1.94. The van der Waals surface area contributed by atoms with Crippen molar-refractivity contribution in [3.63, 3.8) is 0 Å². The van der Waals surface area contributed by atoms with Crippen molar-refractivity contribution in [2.75, 3.05) is 23.7 Å². The Balaban J connectivity index is 1.76. The zero-order valence-corrected chi connectivity index (χ0v) is 20.1. The lowest BCUT2D eigenvalue weighted by atomic mass is 10.2. The highest BCUT2D eigenvalue weighted by Gasteiger charge is 2.28. The number of aryl methyl sites for hydroxylation is 4. The molecule has 1 aliphatic heterocycles. The number of nitrogens with zero attached hydrogens (tertiary/aromatic N) is 7. The van der Waals surface area contributed by atoms with Crippen LogP contribution in [0.1, 0.15) is 25.2 Å². The molecule has 0 aromatic carbocycles. The highest BCUT2D eigenvalue weighted by Crippen LogP contribution is 2.25. The number of aromatic nitrogens is 6. The van der Waals surface area contributed by atoms with Crippen molar-refractivity contribution < 1.29 is 4.74 Å². The van der Waals surface area contributed by atoms with Gasteiger partial charge in [0.05, 0.1) is 12.2 Å². The van der Waals surface area contributed by atoms with Gasteiger partial charge < -0.3 is 14.2 Å². The van der Waals surface area contributed by atoms with Gasteiger partial charge in [-0.2, -0.15) is 4.98 Å². The third-order valence-electron chi connectivity index (χ3n) is 5.54. The molecule has 3 aromatic rings. The molecule has 0 amide bonds. The van der Waals surface area contributed by atoms with Crippen LogP contribution in [0.15, 0.2) is 20.8 Å². The van der Waals surface area contributed by atoms with E-state index in [1.807, 2.05) is 38.3 Å². The van der Waals surface area contributed by atoms with Crippen LogP contribution >= 0.6 is 11.8 Å². The molecule has 10 nitrogen and oxygen atoms in total. The van der Waals surface area contributed by atoms with Crippen LogP contribution in [0.3, 0.4) is 0 Å². The molecule has 0 unspecified atom stereocenters. The maximum absolute atomic E-state index is 13.1. The maximum Gasteiger partial charge on any atom is 0.332 e. The summed E-state index contributed by atoms with van der Waals surface area (Å²) in [6.07, 6.45) is 0.0772. The zero-order valence-electron chi connectivity index (χ0n) is 19.3. The molecule has 11 heteroatoms. The molecule has 0 radical (unpaired) electrons. The molecule has 0 bridgehead atoms. The van der Waals surface area contributed by atoms with Crippen molar-refractivity contribution in [1.29, 1.82) is 0 Å². The highest BCUT2D eigenvalue weighted by molar-refractivity contribution is 7.99. The standard InChI is InChI=1S/C21H29N7O3S/c1-12-9-13(2)23-19(22-12)32-8-7-28-16-17(25(5)21(30)26(6)18(16)29)24-20(28)27-10-14(3)31-15(4)11-27/h9,14-15H,7-8,10-11H2,1-6H3/t14-,15-/m0/s1. The van der Waals surface area contributed by atoms with Crippen molar-refractivity contribution >= 4 is 28.9 Å². The molecular formula is C21H29N7O3S. The van der Waals surface area contributed by atoms with Gasteiger partial charge >= 0.3 is 5.69 Å². The van der Waals surface area contributed by atoms with Gasteiger partial charge in [0.1, 0.15) is 0 Å². The summed E-state index contributed by atoms with van der Waals surface area (Å²) in [7, 11) is 3.14. The van der Waals surface area contributed by atoms with Gasteiger partial charge in [0.2, 0.25) is 5.95 Å². The smallest absolute Gasteiger partial charge is 0.332 e. The van der Waals surface area contributed by atoms with E-state index in [-0.39, 0.29) is 23.5 Å². The average Bonchev–Trinajstić information content (AvgIpc) is 3.09. The molecule has 0 saturated carbocycles. The first-order chi connectivity index (χ1) is 15.2. The van der Waals surface area contributed by atoms with Crippen LogP contribution in [-0.4, -0.2) is 59.7 Å². The number of fused-ring (bicyclic) bond motifs is 1. The first-order valence-corrected chi connectivity index (χ1v) is 11.7. The lowest BCUT2D eigenvalue weighted by molar-refractivity contribution is -0.00586. The van der Waals surface area contributed by atoms with Gasteiger partial charge in [-0.1, -0.05) is 11.8 Å². The van der Waals surface area contributed by atoms with E-state index < -0.39 is 0 Å². The number of ether oxygens (including phenoxy) is 1. The fourth-order valence-electron chi connectivity index (χ4n) is 4.22. The van der Waals surface area contributed by atoms with Crippen LogP contribution in [0.4, 0.5) is 5.95 Å². The Labute approximate surface area is 190 Å². The number of thioether (sulfide) groups is 1. The van der Waals surface area contributed by atoms with Crippen LogP contribution < -0.4 is 16.1 Å². The second-order valence-electron chi connectivity index (χ2n) is 8.39. The van der Waals surface area contributed by atoms with Gasteiger partial charge in [-0.15, -0.1) is 0 Å². The summed E-state index contributed by atoms with van der Waals surface area (Å²) in [5.74, 6) is 1.34. The average molecular weight is 460 g/mol. The first-order valence-electron chi connectivity index (χ1n) is 10.7.